The summed E-state index contributed by atoms with van der Waals surface area (Å²) < 4.78 is 31.5. The second kappa shape index (κ2) is 8.11. The van der Waals surface area contributed by atoms with Gasteiger partial charge in [-0.1, -0.05) is 11.8 Å². The monoisotopic (exact) mass is 405 g/mol. The maximum Gasteiger partial charge on any atom is 0.344 e. The maximum atomic E-state index is 12.4. The second-order valence-electron chi connectivity index (χ2n) is 6.39. The van der Waals surface area contributed by atoms with Gasteiger partial charge in [-0.3, -0.25) is 9.36 Å². The van der Waals surface area contributed by atoms with Crippen molar-refractivity contribution >= 4 is 27.7 Å². The highest BCUT2D eigenvalue weighted by Crippen LogP contribution is 2.19. The molecule has 26 heavy (non-hydrogen) atoms. The van der Waals surface area contributed by atoms with Gasteiger partial charge in [0.2, 0.25) is 15.9 Å². The molecule has 0 radical (unpaired) electrons. The minimum atomic E-state index is -3.22. The minimum Gasteiger partial charge on any atom is -0.376 e. The number of amides is 1. The van der Waals surface area contributed by atoms with Gasteiger partial charge in [-0.25, -0.2) is 18.3 Å². The third-order valence-corrected chi connectivity index (χ3v) is 6.78. The van der Waals surface area contributed by atoms with Gasteiger partial charge in [0.05, 0.1) is 24.7 Å². The first-order chi connectivity index (χ1) is 12.3. The highest BCUT2D eigenvalue weighted by molar-refractivity contribution is 7.99. The number of thioether (sulfide) groups is 1. The predicted octanol–water partition coefficient (Wildman–Crippen LogP) is -1.05. The van der Waals surface area contributed by atoms with Crippen molar-refractivity contribution in [1.82, 2.24) is 24.0 Å². The number of piperazine rings is 1. The number of carbonyl (C=O) groups is 1. The summed E-state index contributed by atoms with van der Waals surface area (Å²) in [5.74, 6) is 0.0524. The molecule has 0 aliphatic carbocycles. The van der Waals surface area contributed by atoms with Crippen molar-refractivity contribution in [1.29, 1.82) is 0 Å². The van der Waals surface area contributed by atoms with Crippen LogP contribution in [0.5, 0.6) is 0 Å². The van der Waals surface area contributed by atoms with Crippen LogP contribution < -0.4 is 5.69 Å². The Hall–Kier alpha value is -1.37. The predicted molar refractivity (Wildman–Crippen MR) is 95.5 cm³/mol. The molecule has 146 valence electrons. The summed E-state index contributed by atoms with van der Waals surface area (Å²) in [6.45, 7) is 2.49. The lowest BCUT2D eigenvalue weighted by atomic mass is 10.2. The van der Waals surface area contributed by atoms with E-state index in [9.17, 15) is 18.0 Å². The zero-order chi connectivity index (χ0) is 18.7. The summed E-state index contributed by atoms with van der Waals surface area (Å²) in [6, 6.07) is 0. The first-order valence-electron chi connectivity index (χ1n) is 8.47. The van der Waals surface area contributed by atoms with Gasteiger partial charge in [0.25, 0.3) is 0 Å². The lowest BCUT2D eigenvalue weighted by Gasteiger charge is -2.33. The maximum absolute atomic E-state index is 12.4. The highest BCUT2D eigenvalue weighted by atomic mass is 32.2. The topological polar surface area (TPSA) is 118 Å². The van der Waals surface area contributed by atoms with Crippen LogP contribution in [0.3, 0.4) is 0 Å². The summed E-state index contributed by atoms with van der Waals surface area (Å²) in [5, 5.41) is 6.88. The summed E-state index contributed by atoms with van der Waals surface area (Å²) in [4.78, 5) is 25.9. The summed E-state index contributed by atoms with van der Waals surface area (Å²) in [5.41, 5.74) is -0.308. The molecule has 2 aliphatic heterocycles. The SMILES string of the molecule is CS(=O)(=O)N1CCN(C(=O)CSc2n[nH]c(=O)n2CC2CCCO2)CC1. The molecule has 12 heteroatoms. The van der Waals surface area contributed by atoms with E-state index in [2.05, 4.69) is 10.2 Å². The fourth-order valence-corrected chi connectivity index (χ4v) is 4.74. The van der Waals surface area contributed by atoms with Crippen molar-refractivity contribution in [2.24, 2.45) is 0 Å². The number of nitrogens with one attached hydrogen (secondary N) is 1. The molecule has 3 rings (SSSR count). The molecule has 1 aromatic heterocycles. The Kier molecular flexibility index (Phi) is 6.05. The van der Waals surface area contributed by atoms with Crippen molar-refractivity contribution in [2.75, 3.05) is 44.8 Å². The number of hydrogen-bond acceptors (Lipinski definition) is 7. The molecule has 0 bridgehead atoms. The second-order valence-corrected chi connectivity index (χ2v) is 9.31. The molecule has 2 saturated heterocycles. The van der Waals surface area contributed by atoms with Crippen LogP contribution in [0.4, 0.5) is 0 Å². The van der Waals surface area contributed by atoms with Gasteiger partial charge in [-0.15, -0.1) is 5.10 Å². The van der Waals surface area contributed by atoms with E-state index < -0.39 is 10.0 Å². The van der Waals surface area contributed by atoms with E-state index in [4.69, 9.17) is 4.74 Å². The van der Waals surface area contributed by atoms with E-state index >= 15 is 0 Å². The Morgan fingerprint density at radius 3 is 2.69 bits per heavy atom. The van der Waals surface area contributed by atoms with E-state index in [1.54, 1.807) is 4.90 Å². The van der Waals surface area contributed by atoms with E-state index in [1.165, 1.54) is 26.9 Å². The Bertz CT molecular complexity index is 791. The number of aromatic nitrogens is 3. The number of carbonyl (C=O) groups excluding carboxylic acids is 1. The molecule has 3 heterocycles. The molecule has 2 fully saturated rings. The van der Waals surface area contributed by atoms with E-state index in [-0.39, 0.29) is 23.5 Å². The normalized spacial score (nSPS) is 22.0. The lowest BCUT2D eigenvalue weighted by molar-refractivity contribution is -0.129. The fraction of sp³-hybridized carbons (Fsp3) is 0.786. The van der Waals surface area contributed by atoms with Crippen molar-refractivity contribution in [3.63, 3.8) is 0 Å². The number of hydrogen-bond donors (Lipinski definition) is 1. The third kappa shape index (κ3) is 4.67. The number of aromatic amines is 1. The van der Waals surface area contributed by atoms with Crippen LogP contribution in [0.1, 0.15) is 12.8 Å². The first-order valence-corrected chi connectivity index (χ1v) is 11.3. The molecule has 0 saturated carbocycles. The molecule has 1 amide bonds. The third-order valence-electron chi connectivity index (χ3n) is 4.52. The number of H-pyrrole nitrogens is 1. The minimum absolute atomic E-state index is 0.00409. The molecule has 1 aromatic rings. The average molecular weight is 406 g/mol. The number of nitrogens with zero attached hydrogens (tertiary/aromatic N) is 4. The molecular weight excluding hydrogens is 382 g/mol. The molecule has 0 aromatic carbocycles. The van der Waals surface area contributed by atoms with Crippen LogP contribution in [0.15, 0.2) is 9.95 Å². The van der Waals surface area contributed by atoms with Gasteiger partial charge in [0, 0.05) is 32.8 Å². The smallest absolute Gasteiger partial charge is 0.344 e. The Morgan fingerprint density at radius 1 is 1.35 bits per heavy atom. The molecule has 2 aliphatic rings. The summed E-state index contributed by atoms with van der Waals surface area (Å²) in [7, 11) is -3.22. The van der Waals surface area contributed by atoms with Gasteiger partial charge >= 0.3 is 5.69 Å². The van der Waals surface area contributed by atoms with Gasteiger partial charge in [0.1, 0.15) is 0 Å². The average Bonchev–Trinajstić information content (AvgIpc) is 3.23. The van der Waals surface area contributed by atoms with Crippen LogP contribution in [0.25, 0.3) is 0 Å². The van der Waals surface area contributed by atoms with E-state index in [0.717, 1.165) is 12.8 Å². The van der Waals surface area contributed by atoms with Crippen LogP contribution in [0.2, 0.25) is 0 Å². The molecule has 1 unspecified atom stereocenters. The van der Waals surface area contributed by atoms with E-state index in [0.29, 0.717) is 44.5 Å². The quantitative estimate of drug-likeness (QED) is 0.600. The number of sulfonamides is 1. The van der Waals surface area contributed by atoms with Gasteiger partial charge in [0.15, 0.2) is 5.16 Å². The molecule has 1 atom stereocenters. The Labute approximate surface area is 155 Å². The zero-order valence-electron chi connectivity index (χ0n) is 14.6. The number of ether oxygens (including phenoxy) is 1. The summed E-state index contributed by atoms with van der Waals surface area (Å²) in [6.07, 6.45) is 3.07. The molecule has 0 spiro atoms. The van der Waals surface area contributed by atoms with Crippen molar-refractivity contribution < 1.29 is 17.9 Å². The zero-order valence-corrected chi connectivity index (χ0v) is 16.2. The molecule has 10 nitrogen and oxygen atoms in total. The van der Waals surface area contributed by atoms with E-state index in [1.807, 2.05) is 0 Å². The lowest BCUT2D eigenvalue weighted by Crippen LogP contribution is -2.50. The largest absolute Gasteiger partial charge is 0.376 e. The first kappa shape index (κ1) is 19.4. The van der Waals surface area contributed by atoms with Crippen LogP contribution in [0, 0.1) is 0 Å². The van der Waals surface area contributed by atoms with Gasteiger partial charge < -0.3 is 9.64 Å². The Balaban J connectivity index is 1.53. The van der Waals surface area contributed by atoms with Gasteiger partial charge in [-0.05, 0) is 12.8 Å². The van der Waals surface area contributed by atoms with Crippen molar-refractivity contribution in [3.05, 3.63) is 10.5 Å². The summed E-state index contributed by atoms with van der Waals surface area (Å²) >= 11 is 1.20. The van der Waals surface area contributed by atoms with Crippen molar-refractivity contribution in [2.45, 2.75) is 30.6 Å². The highest BCUT2D eigenvalue weighted by Gasteiger charge is 2.26. The van der Waals surface area contributed by atoms with Gasteiger partial charge in [-0.2, -0.15) is 4.31 Å². The van der Waals surface area contributed by atoms with Crippen molar-refractivity contribution in [3.8, 4) is 0 Å². The molecular formula is C14H23N5O5S2. The fourth-order valence-electron chi connectivity index (χ4n) is 3.05. The van der Waals surface area contributed by atoms with Crippen LogP contribution in [-0.4, -0.2) is 89.2 Å². The molecule has 1 N–H and O–H groups in total. The Morgan fingerprint density at radius 2 is 2.08 bits per heavy atom. The number of rotatable bonds is 6. The standard InChI is InChI=1S/C14H23N5O5S2/c1-26(22,23)18-6-4-17(5-7-18)12(20)10-25-14-16-15-13(21)19(14)9-11-3-2-8-24-11/h11H,2-10H2,1H3,(H,15,21). The van der Waals surface area contributed by atoms with Crippen LogP contribution >= 0.6 is 11.8 Å². The van der Waals surface area contributed by atoms with Crippen LogP contribution in [-0.2, 0) is 26.1 Å².